The number of hydrogen-bond acceptors (Lipinski definition) is 6. The van der Waals surface area contributed by atoms with Crippen LogP contribution in [0.4, 0.5) is 18.9 Å². The van der Waals surface area contributed by atoms with E-state index in [1.165, 1.54) is 24.4 Å². The van der Waals surface area contributed by atoms with Crippen LogP contribution in [0, 0.1) is 6.92 Å². The number of aromatic nitrogens is 4. The number of anilines is 1. The lowest BCUT2D eigenvalue weighted by Crippen LogP contribution is -2.43. The van der Waals surface area contributed by atoms with Crippen LogP contribution in [-0.4, -0.2) is 45.5 Å². The Morgan fingerprint density at radius 1 is 1.18 bits per heavy atom. The maximum Gasteiger partial charge on any atom is 0.408 e. The van der Waals surface area contributed by atoms with E-state index in [0.717, 1.165) is 4.68 Å². The molecule has 0 fully saturated rings. The number of carbonyl (C=O) groups excluding carboxylic acids is 1. The molecule has 3 aromatic heterocycles. The summed E-state index contributed by atoms with van der Waals surface area (Å²) in [6, 6.07) is 3.56. The molecule has 1 aliphatic rings. The van der Waals surface area contributed by atoms with Crippen molar-refractivity contribution in [1.29, 1.82) is 0 Å². The molecule has 3 aromatic rings. The van der Waals surface area contributed by atoms with Crippen LogP contribution < -0.4 is 9.64 Å². The van der Waals surface area contributed by atoms with Gasteiger partial charge in [0, 0.05) is 25.1 Å². The topological polar surface area (TPSA) is 82.4 Å². The van der Waals surface area contributed by atoms with Crippen molar-refractivity contribution in [2.75, 3.05) is 18.6 Å². The molecule has 4 rings (SSSR count). The van der Waals surface area contributed by atoms with Gasteiger partial charge in [0.25, 0.3) is 5.91 Å². The average molecular weight is 461 g/mol. The zero-order valence-corrected chi connectivity index (χ0v) is 18.5. The number of halogens is 3. The predicted molar refractivity (Wildman–Crippen MR) is 113 cm³/mol. The molecule has 0 radical (unpaired) electrons. The van der Waals surface area contributed by atoms with Gasteiger partial charge < -0.3 is 9.47 Å². The number of methoxy groups -OCH3 is 1. The Balaban J connectivity index is 1.79. The summed E-state index contributed by atoms with van der Waals surface area (Å²) in [4.78, 5) is 23.6. The second kappa shape index (κ2) is 8.14. The van der Waals surface area contributed by atoms with E-state index >= 15 is 0 Å². The summed E-state index contributed by atoms with van der Waals surface area (Å²) in [6.07, 6.45) is 1.16. The second-order valence-electron chi connectivity index (χ2n) is 7.73. The highest BCUT2D eigenvalue weighted by molar-refractivity contribution is 6.12. The highest BCUT2D eigenvalue weighted by Crippen LogP contribution is 2.43. The molecule has 33 heavy (non-hydrogen) atoms. The normalized spacial score (nSPS) is 18.0. The third-order valence-corrected chi connectivity index (χ3v) is 5.44. The number of alkyl halides is 3. The van der Waals surface area contributed by atoms with E-state index in [0.29, 0.717) is 40.4 Å². The molecule has 174 valence electrons. The molecule has 4 heterocycles. The number of nitrogens with zero attached hydrogens (tertiary/aromatic N) is 5. The molecule has 0 aromatic carbocycles. The first-order valence-electron chi connectivity index (χ1n) is 10.2. The van der Waals surface area contributed by atoms with Gasteiger partial charge in [-0.3, -0.25) is 19.4 Å². The minimum Gasteiger partial charge on any atom is -0.492 e. The number of ether oxygens (including phenoxy) is 2. The first kappa shape index (κ1) is 22.7. The first-order chi connectivity index (χ1) is 15.6. The third-order valence-electron chi connectivity index (χ3n) is 5.44. The molecular formula is C22H22F3N5O3. The van der Waals surface area contributed by atoms with E-state index in [1.54, 1.807) is 38.4 Å². The van der Waals surface area contributed by atoms with E-state index in [9.17, 15) is 18.0 Å². The molecule has 0 bridgehead atoms. The van der Waals surface area contributed by atoms with Gasteiger partial charge in [-0.15, -0.1) is 0 Å². The molecule has 0 saturated heterocycles. The molecule has 1 amide bonds. The maximum absolute atomic E-state index is 13.4. The van der Waals surface area contributed by atoms with E-state index in [1.807, 2.05) is 6.92 Å². The van der Waals surface area contributed by atoms with Gasteiger partial charge in [-0.2, -0.15) is 18.3 Å². The van der Waals surface area contributed by atoms with Gasteiger partial charge in [0.15, 0.2) is 5.72 Å². The zero-order chi connectivity index (χ0) is 24.0. The predicted octanol–water partition coefficient (Wildman–Crippen LogP) is 4.09. The van der Waals surface area contributed by atoms with Crippen LogP contribution in [0.2, 0.25) is 0 Å². The van der Waals surface area contributed by atoms with Crippen molar-refractivity contribution in [3.8, 4) is 17.0 Å². The van der Waals surface area contributed by atoms with Gasteiger partial charge in [0.2, 0.25) is 0 Å². The summed E-state index contributed by atoms with van der Waals surface area (Å²) in [5.74, 6) is 0.151. The summed E-state index contributed by atoms with van der Waals surface area (Å²) in [6.45, 7) is 4.49. The standard InChI is InChI=1S/C22H22F3N5O3/c1-5-33-16-7-14(8-26-10-16)17-6-13(2)18-19(28-17)21(3,32-4)30(20(18)31)15-9-27-29(11-15)12-22(23,24)25/h6-11H,5,12H2,1-4H3/t21-/m1/s1. The molecule has 8 nitrogen and oxygen atoms in total. The number of aryl methyl sites for hydroxylation is 1. The summed E-state index contributed by atoms with van der Waals surface area (Å²) < 4.78 is 50.3. The highest BCUT2D eigenvalue weighted by atomic mass is 19.4. The van der Waals surface area contributed by atoms with Crippen LogP contribution in [-0.2, 0) is 17.0 Å². The monoisotopic (exact) mass is 461 g/mol. The number of hydrogen-bond donors (Lipinski definition) is 0. The number of amides is 1. The van der Waals surface area contributed by atoms with Crippen LogP contribution in [0.15, 0.2) is 36.9 Å². The van der Waals surface area contributed by atoms with E-state index < -0.39 is 24.4 Å². The quantitative estimate of drug-likeness (QED) is 0.550. The van der Waals surface area contributed by atoms with Crippen molar-refractivity contribution >= 4 is 11.6 Å². The fourth-order valence-corrected chi connectivity index (χ4v) is 3.93. The molecule has 1 aliphatic heterocycles. The summed E-state index contributed by atoms with van der Waals surface area (Å²) >= 11 is 0. The van der Waals surface area contributed by atoms with Crippen molar-refractivity contribution in [2.24, 2.45) is 0 Å². The van der Waals surface area contributed by atoms with E-state index in [4.69, 9.17) is 14.5 Å². The van der Waals surface area contributed by atoms with Crippen LogP contribution in [0.5, 0.6) is 5.75 Å². The largest absolute Gasteiger partial charge is 0.492 e. The van der Waals surface area contributed by atoms with Crippen LogP contribution in [0.1, 0.15) is 35.5 Å². The Bertz CT molecular complexity index is 1210. The fourth-order valence-electron chi connectivity index (χ4n) is 3.93. The number of rotatable bonds is 6. The number of carbonyl (C=O) groups is 1. The SMILES string of the molecule is CCOc1cncc(-c2cc(C)c3c(n2)[C@@](C)(OC)N(c2cnn(CC(F)(F)F)c2)C3=O)c1. The summed E-state index contributed by atoms with van der Waals surface area (Å²) in [7, 11) is 1.41. The Labute approximate surface area is 188 Å². The minimum absolute atomic E-state index is 0.174. The molecule has 0 aliphatic carbocycles. The molecule has 0 N–H and O–H groups in total. The lowest BCUT2D eigenvalue weighted by atomic mass is 10.0. The summed E-state index contributed by atoms with van der Waals surface area (Å²) in [5.41, 5.74) is 1.41. The van der Waals surface area contributed by atoms with Crippen molar-refractivity contribution in [3.05, 3.63) is 53.7 Å². The third kappa shape index (κ3) is 4.04. The Morgan fingerprint density at radius 2 is 1.94 bits per heavy atom. The van der Waals surface area contributed by atoms with Gasteiger partial charge in [0.1, 0.15) is 18.0 Å². The van der Waals surface area contributed by atoms with Crippen LogP contribution in [0.25, 0.3) is 11.3 Å². The molecule has 1 atom stereocenters. The molecule has 0 saturated carbocycles. The highest BCUT2D eigenvalue weighted by Gasteiger charge is 2.50. The van der Waals surface area contributed by atoms with Gasteiger partial charge in [-0.1, -0.05) is 0 Å². The first-order valence-corrected chi connectivity index (χ1v) is 10.2. The van der Waals surface area contributed by atoms with Crippen LogP contribution in [0.3, 0.4) is 0 Å². The number of pyridine rings is 2. The molecule has 11 heteroatoms. The van der Waals surface area contributed by atoms with Gasteiger partial charge in [0.05, 0.1) is 35.9 Å². The lowest BCUT2D eigenvalue weighted by Gasteiger charge is -2.32. The van der Waals surface area contributed by atoms with Crippen molar-refractivity contribution in [3.63, 3.8) is 0 Å². The van der Waals surface area contributed by atoms with Crippen molar-refractivity contribution in [1.82, 2.24) is 19.7 Å². The lowest BCUT2D eigenvalue weighted by molar-refractivity contribution is -0.142. The van der Waals surface area contributed by atoms with Crippen molar-refractivity contribution in [2.45, 2.75) is 39.2 Å². The molecule has 0 unspecified atom stereocenters. The van der Waals surface area contributed by atoms with Gasteiger partial charge in [-0.05, 0) is 38.5 Å². The Kier molecular flexibility index (Phi) is 5.61. The Morgan fingerprint density at radius 3 is 2.61 bits per heavy atom. The summed E-state index contributed by atoms with van der Waals surface area (Å²) in [5, 5.41) is 3.76. The molecular weight excluding hydrogens is 439 g/mol. The molecule has 0 spiro atoms. The van der Waals surface area contributed by atoms with E-state index in [-0.39, 0.29) is 5.69 Å². The van der Waals surface area contributed by atoms with Gasteiger partial charge >= 0.3 is 6.18 Å². The second-order valence-corrected chi connectivity index (χ2v) is 7.73. The minimum atomic E-state index is -4.44. The smallest absolute Gasteiger partial charge is 0.408 e. The van der Waals surface area contributed by atoms with Gasteiger partial charge in [-0.25, -0.2) is 4.98 Å². The van der Waals surface area contributed by atoms with Crippen LogP contribution >= 0.6 is 0 Å². The fraction of sp³-hybridized carbons (Fsp3) is 0.364. The average Bonchev–Trinajstić information content (AvgIpc) is 3.27. The maximum atomic E-state index is 13.4. The van der Waals surface area contributed by atoms with Crippen molar-refractivity contribution < 1.29 is 27.4 Å². The van der Waals surface area contributed by atoms with E-state index in [2.05, 4.69) is 10.1 Å². The Hall–Kier alpha value is -3.47. The number of fused-ring (bicyclic) bond motifs is 1. The zero-order valence-electron chi connectivity index (χ0n) is 18.5.